The molecule has 0 aliphatic heterocycles. The van der Waals surface area contributed by atoms with Gasteiger partial charge in [-0.2, -0.15) is 0 Å². The Morgan fingerprint density at radius 1 is 1.26 bits per heavy atom. The Hall–Kier alpha value is -3.52. The Bertz CT molecular complexity index is 1300. The fraction of sp³-hybridized carbons (Fsp3) is 0.217. The smallest absolute Gasteiger partial charge is 0.339 e. The molecule has 7 nitrogen and oxygen atoms in total. The molecule has 31 heavy (non-hydrogen) atoms. The van der Waals surface area contributed by atoms with Crippen molar-refractivity contribution >= 4 is 34.2 Å². The molecule has 0 saturated heterocycles. The highest BCUT2D eigenvalue weighted by atomic mass is 32.1. The molecule has 0 aliphatic carbocycles. The first kappa shape index (κ1) is 20.7. The maximum atomic E-state index is 12.9. The molecule has 0 amide bonds. The Morgan fingerprint density at radius 3 is 2.77 bits per heavy atom. The van der Waals surface area contributed by atoms with Crippen LogP contribution in [0.1, 0.15) is 37.8 Å². The highest BCUT2D eigenvalue weighted by molar-refractivity contribution is 7.13. The van der Waals surface area contributed by atoms with Crippen LogP contribution in [0.3, 0.4) is 0 Å². The number of aryl methyl sites for hydroxylation is 2. The number of thiophene rings is 1. The van der Waals surface area contributed by atoms with Crippen LogP contribution in [0.5, 0.6) is 0 Å². The number of carbonyl (C=O) groups is 2. The van der Waals surface area contributed by atoms with Crippen molar-refractivity contribution < 1.29 is 18.8 Å². The summed E-state index contributed by atoms with van der Waals surface area (Å²) in [6, 6.07) is 7.26. The minimum Gasteiger partial charge on any atom is -0.454 e. The van der Waals surface area contributed by atoms with Crippen LogP contribution >= 0.6 is 11.3 Å². The second-order valence-corrected chi connectivity index (χ2v) is 8.11. The van der Waals surface area contributed by atoms with Gasteiger partial charge in [-0.25, -0.2) is 9.78 Å². The third-order valence-electron chi connectivity index (χ3n) is 5.13. The molecule has 158 valence electrons. The molecule has 0 aromatic carbocycles. The predicted octanol–water partition coefficient (Wildman–Crippen LogP) is 4.90. The molecule has 0 aliphatic rings. The van der Waals surface area contributed by atoms with E-state index in [4.69, 9.17) is 9.26 Å². The van der Waals surface area contributed by atoms with E-state index in [1.165, 1.54) is 11.3 Å². The predicted molar refractivity (Wildman–Crippen MR) is 119 cm³/mol. The van der Waals surface area contributed by atoms with E-state index in [9.17, 15) is 9.59 Å². The van der Waals surface area contributed by atoms with Gasteiger partial charge in [-0.15, -0.1) is 17.9 Å². The molecule has 0 saturated carbocycles. The lowest BCUT2D eigenvalue weighted by Crippen LogP contribution is -2.15. The lowest BCUT2D eigenvalue weighted by molar-refractivity contribution is 0.0476. The summed E-state index contributed by atoms with van der Waals surface area (Å²) in [5, 5.41) is 6.34. The molecule has 0 unspecified atom stereocenters. The number of hydrogen-bond acceptors (Lipinski definition) is 7. The first-order valence-electron chi connectivity index (χ1n) is 9.69. The molecule has 4 aromatic heterocycles. The van der Waals surface area contributed by atoms with Crippen molar-refractivity contribution in [2.45, 2.75) is 27.3 Å². The summed E-state index contributed by atoms with van der Waals surface area (Å²) >= 11 is 1.50. The molecular formula is C23H21N3O4S. The molecule has 4 heterocycles. The highest BCUT2D eigenvalue weighted by Crippen LogP contribution is 2.30. The van der Waals surface area contributed by atoms with Crippen molar-refractivity contribution in [1.82, 2.24) is 14.7 Å². The largest absolute Gasteiger partial charge is 0.454 e. The third kappa shape index (κ3) is 3.82. The highest BCUT2D eigenvalue weighted by Gasteiger charge is 2.23. The van der Waals surface area contributed by atoms with Gasteiger partial charge in [0.2, 0.25) is 5.78 Å². The average Bonchev–Trinajstić information content (AvgIpc) is 3.48. The average molecular weight is 436 g/mol. The minimum absolute atomic E-state index is 0.259. The quantitative estimate of drug-likeness (QED) is 0.233. The second kappa shape index (κ2) is 8.31. The van der Waals surface area contributed by atoms with Crippen LogP contribution in [0.15, 0.2) is 46.8 Å². The van der Waals surface area contributed by atoms with Crippen LogP contribution < -0.4 is 0 Å². The van der Waals surface area contributed by atoms with Crippen molar-refractivity contribution in [3.63, 3.8) is 0 Å². The van der Waals surface area contributed by atoms with Crippen LogP contribution in [0.4, 0.5) is 0 Å². The normalized spacial score (nSPS) is 11.1. The fourth-order valence-electron chi connectivity index (χ4n) is 3.59. The first-order valence-corrected chi connectivity index (χ1v) is 10.6. The lowest BCUT2D eigenvalue weighted by Gasteiger charge is -2.08. The van der Waals surface area contributed by atoms with E-state index in [0.29, 0.717) is 28.9 Å². The van der Waals surface area contributed by atoms with Crippen molar-refractivity contribution in [1.29, 1.82) is 0 Å². The van der Waals surface area contributed by atoms with Crippen LogP contribution in [0, 0.1) is 20.8 Å². The van der Waals surface area contributed by atoms with Crippen LogP contribution in [0.25, 0.3) is 21.7 Å². The summed E-state index contributed by atoms with van der Waals surface area (Å²) in [5.74, 6) is -0.882. The molecule has 0 atom stereocenters. The summed E-state index contributed by atoms with van der Waals surface area (Å²) in [7, 11) is 0. The number of hydrogen-bond donors (Lipinski definition) is 0. The Morgan fingerprint density at radius 2 is 2.06 bits per heavy atom. The summed E-state index contributed by atoms with van der Waals surface area (Å²) < 4.78 is 12.7. The number of esters is 1. The molecule has 0 bridgehead atoms. The first-order chi connectivity index (χ1) is 14.9. The number of pyridine rings is 1. The topological polar surface area (TPSA) is 87.2 Å². The molecule has 4 aromatic rings. The zero-order valence-corrected chi connectivity index (χ0v) is 18.3. The number of nitrogens with zero attached hydrogens (tertiary/aromatic N) is 3. The molecule has 0 fully saturated rings. The Kier molecular flexibility index (Phi) is 5.56. The van der Waals surface area contributed by atoms with Gasteiger partial charge in [-0.05, 0) is 44.4 Å². The number of rotatable bonds is 7. The van der Waals surface area contributed by atoms with E-state index in [0.717, 1.165) is 16.3 Å². The summed E-state index contributed by atoms with van der Waals surface area (Å²) in [6.07, 6.45) is 1.77. The summed E-state index contributed by atoms with van der Waals surface area (Å²) in [6.45, 7) is 9.52. The van der Waals surface area contributed by atoms with E-state index in [1.807, 2.05) is 35.9 Å². The lowest BCUT2D eigenvalue weighted by atomic mass is 10.1. The van der Waals surface area contributed by atoms with Crippen molar-refractivity contribution in [2.24, 2.45) is 0 Å². The van der Waals surface area contributed by atoms with Crippen LogP contribution in [-0.4, -0.2) is 33.1 Å². The summed E-state index contributed by atoms with van der Waals surface area (Å²) in [4.78, 5) is 31.0. The molecule has 0 radical (unpaired) electrons. The van der Waals surface area contributed by atoms with Crippen molar-refractivity contribution in [3.05, 3.63) is 70.5 Å². The van der Waals surface area contributed by atoms with Crippen molar-refractivity contribution in [3.8, 4) is 10.6 Å². The number of allylic oxidation sites excluding steroid dienone is 1. The van der Waals surface area contributed by atoms with Gasteiger partial charge in [0.25, 0.3) is 5.71 Å². The Balaban J connectivity index is 1.60. The number of carbonyl (C=O) groups excluding carboxylic acids is 2. The van der Waals surface area contributed by atoms with Crippen molar-refractivity contribution in [2.75, 3.05) is 6.61 Å². The van der Waals surface area contributed by atoms with Gasteiger partial charge < -0.3 is 13.8 Å². The van der Waals surface area contributed by atoms with E-state index in [1.54, 1.807) is 25.1 Å². The standard InChI is InChI=1S/C23H21N3O4S/c1-5-8-26-13(2)10-16(15(26)4)19(27)12-29-23(28)17-11-18(20-7-6-9-31-20)24-22-21(17)14(3)25-30-22/h5-7,9-11H,1,8,12H2,2-4H3. The fourth-order valence-corrected chi connectivity index (χ4v) is 4.27. The monoisotopic (exact) mass is 435 g/mol. The molecule has 4 rings (SSSR count). The van der Waals surface area contributed by atoms with Gasteiger partial charge in [-0.3, -0.25) is 4.79 Å². The molecule has 8 heteroatoms. The number of ketones is 1. The number of ether oxygens (including phenoxy) is 1. The molecule has 0 spiro atoms. The van der Waals surface area contributed by atoms with Gasteiger partial charge >= 0.3 is 5.97 Å². The van der Waals surface area contributed by atoms with E-state index in [-0.39, 0.29) is 23.7 Å². The van der Waals surface area contributed by atoms with E-state index in [2.05, 4.69) is 16.7 Å². The maximum Gasteiger partial charge on any atom is 0.339 e. The van der Waals surface area contributed by atoms with Gasteiger partial charge in [0.1, 0.15) is 0 Å². The third-order valence-corrected chi connectivity index (χ3v) is 6.02. The molecule has 0 N–H and O–H groups in total. The number of aromatic nitrogens is 3. The second-order valence-electron chi connectivity index (χ2n) is 7.16. The summed E-state index contributed by atoms with van der Waals surface area (Å²) in [5.41, 5.74) is 3.96. The van der Waals surface area contributed by atoms with Gasteiger partial charge in [-0.1, -0.05) is 17.3 Å². The maximum absolute atomic E-state index is 12.9. The molecular weight excluding hydrogens is 414 g/mol. The number of Topliss-reactive ketones (excluding diaryl/α,β-unsaturated/α-hetero) is 1. The zero-order valence-electron chi connectivity index (χ0n) is 17.5. The van der Waals surface area contributed by atoms with E-state index < -0.39 is 5.97 Å². The SMILES string of the molecule is C=CCn1c(C)cc(C(=O)COC(=O)c2cc(-c3cccs3)nc3onc(C)c23)c1C. The van der Waals surface area contributed by atoms with Gasteiger partial charge in [0.15, 0.2) is 6.61 Å². The zero-order chi connectivity index (χ0) is 22.1. The number of fused-ring (bicyclic) bond motifs is 1. The van der Waals surface area contributed by atoms with Crippen LogP contribution in [0.2, 0.25) is 0 Å². The van der Waals surface area contributed by atoms with Gasteiger partial charge in [0.05, 0.1) is 27.2 Å². The van der Waals surface area contributed by atoms with Gasteiger partial charge in [0, 0.05) is 23.5 Å². The minimum atomic E-state index is -0.621. The Labute approximate surface area is 183 Å². The van der Waals surface area contributed by atoms with Crippen LogP contribution in [-0.2, 0) is 11.3 Å². The van der Waals surface area contributed by atoms with E-state index >= 15 is 0 Å².